The molecule has 142 valence electrons. The van der Waals surface area contributed by atoms with Crippen LogP contribution in [0, 0.1) is 33.6 Å². The van der Waals surface area contributed by atoms with E-state index >= 15 is 0 Å². The molecule has 0 aliphatic carbocycles. The number of nitrogens with one attached hydrogen (secondary N) is 1. The Hall–Kier alpha value is -0.960. The summed E-state index contributed by atoms with van der Waals surface area (Å²) in [6.45, 7) is 8.75. The average molecular weight is 389 g/mol. The van der Waals surface area contributed by atoms with E-state index in [1.54, 1.807) is 0 Å². The molecule has 0 aromatic heterocycles. The van der Waals surface area contributed by atoms with Crippen LogP contribution in [0.2, 0.25) is 0 Å². The zero-order chi connectivity index (χ0) is 19.0. The van der Waals surface area contributed by atoms with Gasteiger partial charge in [0.2, 0.25) is 20.0 Å². The molecule has 6 nitrogen and oxygen atoms in total. The standard InChI is InChI=1S/C17H28N2O4S2/c1-12-10-13(2)15(4)17(14(12)3)25(22,23)18-11-16-6-8-19(9-7-16)24(5,20)21/h10,16,18H,6-9,11H2,1-5H3. The molecule has 25 heavy (non-hydrogen) atoms. The van der Waals surface area contributed by atoms with Crippen molar-refractivity contribution < 1.29 is 16.8 Å². The fraction of sp³-hybridized carbons (Fsp3) is 0.647. The van der Waals surface area contributed by atoms with Gasteiger partial charge in [0.1, 0.15) is 0 Å². The lowest BCUT2D eigenvalue weighted by Crippen LogP contribution is -2.41. The third-order valence-electron chi connectivity index (χ3n) is 5.17. The highest BCUT2D eigenvalue weighted by Gasteiger charge is 2.27. The number of piperidine rings is 1. The Bertz CT molecular complexity index is 827. The summed E-state index contributed by atoms with van der Waals surface area (Å²) in [6, 6.07) is 2.00. The van der Waals surface area contributed by atoms with Gasteiger partial charge in [-0.2, -0.15) is 0 Å². The molecule has 0 atom stereocenters. The molecule has 1 N–H and O–H groups in total. The fourth-order valence-corrected chi connectivity index (χ4v) is 5.93. The molecule has 1 heterocycles. The molecule has 1 fully saturated rings. The molecule has 0 bridgehead atoms. The van der Waals surface area contributed by atoms with E-state index in [2.05, 4.69) is 4.72 Å². The lowest BCUT2D eigenvalue weighted by molar-refractivity contribution is 0.275. The Kier molecular flexibility index (Phi) is 5.98. The van der Waals surface area contributed by atoms with E-state index in [1.165, 1.54) is 10.6 Å². The molecule has 1 aromatic rings. The maximum Gasteiger partial charge on any atom is 0.241 e. The minimum atomic E-state index is -3.59. The number of aryl methyl sites for hydroxylation is 2. The third-order valence-corrected chi connectivity index (χ3v) is 8.17. The van der Waals surface area contributed by atoms with Gasteiger partial charge >= 0.3 is 0 Å². The van der Waals surface area contributed by atoms with Crippen molar-refractivity contribution in [3.8, 4) is 0 Å². The van der Waals surface area contributed by atoms with Crippen molar-refractivity contribution in [2.45, 2.75) is 45.4 Å². The van der Waals surface area contributed by atoms with Gasteiger partial charge in [-0.3, -0.25) is 0 Å². The van der Waals surface area contributed by atoms with E-state index in [-0.39, 0.29) is 5.92 Å². The summed E-state index contributed by atoms with van der Waals surface area (Å²) < 4.78 is 52.9. The van der Waals surface area contributed by atoms with Gasteiger partial charge in [-0.05, 0) is 68.7 Å². The van der Waals surface area contributed by atoms with Gasteiger partial charge in [0.15, 0.2) is 0 Å². The second-order valence-corrected chi connectivity index (χ2v) is 10.7. The fourth-order valence-electron chi connectivity index (χ4n) is 3.33. The molecule has 1 saturated heterocycles. The Morgan fingerprint density at radius 3 is 1.92 bits per heavy atom. The monoisotopic (exact) mass is 388 g/mol. The zero-order valence-corrected chi connectivity index (χ0v) is 17.2. The van der Waals surface area contributed by atoms with Crippen molar-refractivity contribution in [2.24, 2.45) is 5.92 Å². The van der Waals surface area contributed by atoms with Crippen LogP contribution in [-0.2, 0) is 20.0 Å². The summed E-state index contributed by atoms with van der Waals surface area (Å²) in [6.07, 6.45) is 2.54. The summed E-state index contributed by atoms with van der Waals surface area (Å²) in [7, 11) is -6.75. The molecular formula is C17H28N2O4S2. The van der Waals surface area contributed by atoms with Crippen molar-refractivity contribution >= 4 is 20.0 Å². The number of benzene rings is 1. The van der Waals surface area contributed by atoms with E-state index in [4.69, 9.17) is 0 Å². The predicted octanol–water partition coefficient (Wildman–Crippen LogP) is 1.87. The first-order chi connectivity index (χ1) is 11.4. The maximum absolute atomic E-state index is 12.8. The van der Waals surface area contributed by atoms with Crippen molar-refractivity contribution in [1.29, 1.82) is 0 Å². The summed E-state index contributed by atoms with van der Waals surface area (Å²) in [5.41, 5.74) is 3.49. The van der Waals surface area contributed by atoms with Crippen molar-refractivity contribution in [1.82, 2.24) is 9.03 Å². The molecular weight excluding hydrogens is 360 g/mol. The predicted molar refractivity (Wildman–Crippen MR) is 99.7 cm³/mol. The molecule has 0 amide bonds. The number of hydrogen-bond acceptors (Lipinski definition) is 4. The Morgan fingerprint density at radius 1 is 1.00 bits per heavy atom. The molecule has 8 heteroatoms. The van der Waals surface area contributed by atoms with Gasteiger partial charge in [0, 0.05) is 19.6 Å². The van der Waals surface area contributed by atoms with E-state index in [0.29, 0.717) is 37.4 Å². The van der Waals surface area contributed by atoms with Gasteiger partial charge < -0.3 is 0 Å². The van der Waals surface area contributed by atoms with E-state index in [1.807, 2.05) is 33.8 Å². The second kappa shape index (κ2) is 7.34. The largest absolute Gasteiger partial charge is 0.241 e. The molecule has 0 radical (unpaired) electrons. The summed E-state index contributed by atoms with van der Waals surface area (Å²) in [5, 5.41) is 0. The summed E-state index contributed by atoms with van der Waals surface area (Å²) in [4.78, 5) is 0.374. The van der Waals surface area contributed by atoms with Crippen LogP contribution in [0.25, 0.3) is 0 Å². The minimum Gasteiger partial charge on any atom is -0.213 e. The van der Waals surface area contributed by atoms with Crippen molar-refractivity contribution in [2.75, 3.05) is 25.9 Å². The smallest absolute Gasteiger partial charge is 0.213 e. The quantitative estimate of drug-likeness (QED) is 0.835. The number of nitrogens with zero attached hydrogens (tertiary/aromatic N) is 1. The number of sulfonamides is 2. The van der Waals surface area contributed by atoms with E-state index in [9.17, 15) is 16.8 Å². The van der Waals surface area contributed by atoms with Gasteiger partial charge in [-0.15, -0.1) is 0 Å². The molecule has 0 saturated carbocycles. The maximum atomic E-state index is 12.8. The van der Waals surface area contributed by atoms with E-state index in [0.717, 1.165) is 22.3 Å². The molecule has 1 aliphatic heterocycles. The lowest BCUT2D eigenvalue weighted by atomic mass is 9.99. The van der Waals surface area contributed by atoms with Gasteiger partial charge in [-0.25, -0.2) is 25.9 Å². The third kappa shape index (κ3) is 4.61. The second-order valence-electron chi connectivity index (χ2n) is 7.05. The van der Waals surface area contributed by atoms with Crippen molar-refractivity contribution in [3.05, 3.63) is 28.3 Å². The van der Waals surface area contributed by atoms with Crippen LogP contribution in [0.1, 0.15) is 35.1 Å². The minimum absolute atomic E-state index is 0.152. The molecule has 1 aromatic carbocycles. The first kappa shape index (κ1) is 20.4. The van der Waals surface area contributed by atoms with Gasteiger partial charge in [-0.1, -0.05) is 6.07 Å². The molecule has 2 rings (SSSR count). The van der Waals surface area contributed by atoms with Gasteiger partial charge in [0.05, 0.1) is 11.2 Å². The SMILES string of the molecule is Cc1cc(C)c(C)c(S(=O)(=O)NCC2CCN(S(C)(=O)=O)CC2)c1C. The van der Waals surface area contributed by atoms with Crippen molar-refractivity contribution in [3.63, 3.8) is 0 Å². The molecule has 0 spiro atoms. The van der Waals surface area contributed by atoms with Gasteiger partial charge in [0.25, 0.3) is 0 Å². The zero-order valence-electron chi connectivity index (χ0n) is 15.6. The first-order valence-electron chi connectivity index (χ1n) is 8.45. The normalized spacial score (nSPS) is 17.8. The van der Waals surface area contributed by atoms with Crippen LogP contribution in [0.4, 0.5) is 0 Å². The van der Waals surface area contributed by atoms with Crippen LogP contribution >= 0.6 is 0 Å². The highest BCUT2D eigenvalue weighted by atomic mass is 32.2. The average Bonchev–Trinajstić information content (AvgIpc) is 2.51. The highest BCUT2D eigenvalue weighted by molar-refractivity contribution is 7.89. The Balaban J connectivity index is 2.09. The van der Waals surface area contributed by atoms with Crippen LogP contribution in [0.3, 0.4) is 0 Å². The van der Waals surface area contributed by atoms with Crippen LogP contribution in [-0.4, -0.2) is 47.0 Å². The lowest BCUT2D eigenvalue weighted by Gasteiger charge is -2.30. The van der Waals surface area contributed by atoms with Crippen LogP contribution in [0.15, 0.2) is 11.0 Å². The van der Waals surface area contributed by atoms with E-state index < -0.39 is 20.0 Å². The number of hydrogen-bond donors (Lipinski definition) is 1. The molecule has 0 unspecified atom stereocenters. The first-order valence-corrected chi connectivity index (χ1v) is 11.8. The molecule has 1 aliphatic rings. The topological polar surface area (TPSA) is 83.6 Å². The van der Waals surface area contributed by atoms with Crippen LogP contribution in [0.5, 0.6) is 0 Å². The highest BCUT2D eigenvalue weighted by Crippen LogP contribution is 2.26. The summed E-state index contributed by atoms with van der Waals surface area (Å²) >= 11 is 0. The Morgan fingerprint density at radius 2 is 1.48 bits per heavy atom. The van der Waals surface area contributed by atoms with Crippen LogP contribution < -0.4 is 4.72 Å². The number of rotatable bonds is 5. The Labute approximate surface area is 151 Å². The summed E-state index contributed by atoms with van der Waals surface area (Å²) in [5.74, 6) is 0.152.